The van der Waals surface area contributed by atoms with Gasteiger partial charge in [0.25, 0.3) is 5.56 Å². The van der Waals surface area contributed by atoms with Gasteiger partial charge in [0.05, 0.1) is 6.54 Å². The SMILES string of the molecule is CCC1CCCCN1Cc1nc2c(c(=O)n(C)c(=O)n2C)n1Cc1ccc(F)cc1. The molecule has 1 aliphatic rings. The number of hydrogen-bond donors (Lipinski definition) is 0. The fourth-order valence-corrected chi connectivity index (χ4v) is 4.47. The number of aromatic nitrogens is 4. The van der Waals surface area contributed by atoms with Crippen LogP contribution in [0.3, 0.4) is 0 Å². The molecular formula is C22H28FN5O2. The molecule has 2 aromatic heterocycles. The Kier molecular flexibility index (Phi) is 5.60. The summed E-state index contributed by atoms with van der Waals surface area (Å²) in [7, 11) is 3.12. The molecule has 1 aliphatic heterocycles. The third kappa shape index (κ3) is 3.60. The van der Waals surface area contributed by atoms with Gasteiger partial charge in [0, 0.05) is 26.7 Å². The molecule has 4 rings (SSSR count). The van der Waals surface area contributed by atoms with E-state index in [0.717, 1.165) is 41.8 Å². The molecule has 1 saturated heterocycles. The molecule has 0 spiro atoms. The highest BCUT2D eigenvalue weighted by molar-refractivity contribution is 5.71. The summed E-state index contributed by atoms with van der Waals surface area (Å²) in [5.41, 5.74) is 0.919. The Morgan fingerprint density at radius 3 is 2.50 bits per heavy atom. The number of rotatable bonds is 5. The summed E-state index contributed by atoms with van der Waals surface area (Å²) < 4.78 is 17.8. The van der Waals surface area contributed by atoms with Gasteiger partial charge < -0.3 is 4.57 Å². The Labute approximate surface area is 174 Å². The number of nitrogens with zero attached hydrogens (tertiary/aromatic N) is 5. The highest BCUT2D eigenvalue weighted by Gasteiger charge is 2.25. The van der Waals surface area contributed by atoms with Crippen molar-refractivity contribution >= 4 is 11.2 Å². The number of benzene rings is 1. The van der Waals surface area contributed by atoms with E-state index in [2.05, 4.69) is 11.8 Å². The van der Waals surface area contributed by atoms with Crippen LogP contribution in [0.4, 0.5) is 4.39 Å². The zero-order valence-corrected chi connectivity index (χ0v) is 17.8. The Bertz CT molecular complexity index is 1180. The fourth-order valence-electron chi connectivity index (χ4n) is 4.47. The minimum absolute atomic E-state index is 0.299. The number of hydrogen-bond acceptors (Lipinski definition) is 4. The molecule has 30 heavy (non-hydrogen) atoms. The van der Waals surface area contributed by atoms with Crippen molar-refractivity contribution in [3.05, 3.63) is 62.3 Å². The zero-order chi connectivity index (χ0) is 21.4. The molecule has 0 amide bonds. The lowest BCUT2D eigenvalue weighted by molar-refractivity contribution is 0.131. The summed E-state index contributed by atoms with van der Waals surface area (Å²) in [5.74, 6) is 0.458. The van der Waals surface area contributed by atoms with Gasteiger partial charge in [0.15, 0.2) is 11.2 Å². The largest absolute Gasteiger partial charge is 0.332 e. The second kappa shape index (κ2) is 8.18. The number of halogens is 1. The van der Waals surface area contributed by atoms with Gasteiger partial charge in [-0.3, -0.25) is 18.8 Å². The number of fused-ring (bicyclic) bond motifs is 1. The van der Waals surface area contributed by atoms with E-state index in [4.69, 9.17) is 4.98 Å². The van der Waals surface area contributed by atoms with Crippen LogP contribution in [0.25, 0.3) is 11.2 Å². The van der Waals surface area contributed by atoms with E-state index >= 15 is 0 Å². The van der Waals surface area contributed by atoms with Crippen LogP contribution in [0.1, 0.15) is 44.0 Å². The summed E-state index contributed by atoms with van der Waals surface area (Å²) in [6.45, 7) is 4.20. The molecule has 160 valence electrons. The maximum absolute atomic E-state index is 13.4. The maximum atomic E-state index is 13.4. The average Bonchev–Trinajstić information content (AvgIpc) is 3.10. The van der Waals surface area contributed by atoms with E-state index < -0.39 is 5.69 Å². The number of aryl methyl sites for hydroxylation is 1. The Morgan fingerprint density at radius 2 is 1.80 bits per heavy atom. The van der Waals surface area contributed by atoms with E-state index in [9.17, 15) is 14.0 Å². The molecule has 0 N–H and O–H groups in total. The van der Waals surface area contributed by atoms with Crippen LogP contribution >= 0.6 is 0 Å². The third-order valence-electron chi connectivity index (χ3n) is 6.25. The summed E-state index contributed by atoms with van der Waals surface area (Å²) in [6, 6.07) is 6.75. The minimum Gasteiger partial charge on any atom is -0.317 e. The molecule has 1 fully saturated rings. The standard InChI is InChI=1S/C22H28FN5O2/c1-4-17-7-5-6-12-27(17)14-18-24-20-19(21(29)26(3)22(30)25(20)2)28(18)13-15-8-10-16(23)11-9-15/h8-11,17H,4-7,12-14H2,1-3H3. The van der Waals surface area contributed by atoms with Crippen molar-refractivity contribution in [1.29, 1.82) is 0 Å². The van der Waals surface area contributed by atoms with Crippen LogP contribution in [-0.4, -0.2) is 36.2 Å². The van der Waals surface area contributed by atoms with Crippen LogP contribution in [-0.2, 0) is 27.2 Å². The Balaban J connectivity index is 1.86. The summed E-state index contributed by atoms with van der Waals surface area (Å²) >= 11 is 0. The third-order valence-corrected chi connectivity index (χ3v) is 6.25. The topological polar surface area (TPSA) is 65.1 Å². The lowest BCUT2D eigenvalue weighted by Crippen LogP contribution is -2.39. The van der Waals surface area contributed by atoms with Gasteiger partial charge in [0.1, 0.15) is 11.6 Å². The van der Waals surface area contributed by atoms with E-state index in [0.29, 0.717) is 30.3 Å². The van der Waals surface area contributed by atoms with Gasteiger partial charge >= 0.3 is 5.69 Å². The molecule has 7 nitrogen and oxygen atoms in total. The van der Waals surface area contributed by atoms with Crippen LogP contribution in [0, 0.1) is 5.82 Å². The number of piperidine rings is 1. The minimum atomic E-state index is -0.394. The first-order chi connectivity index (χ1) is 14.4. The zero-order valence-electron chi connectivity index (χ0n) is 17.8. The Morgan fingerprint density at radius 1 is 1.07 bits per heavy atom. The van der Waals surface area contributed by atoms with Crippen LogP contribution in [0.2, 0.25) is 0 Å². The molecule has 3 heterocycles. The lowest BCUT2D eigenvalue weighted by atomic mass is 10.00. The van der Waals surface area contributed by atoms with Crippen molar-refractivity contribution in [2.45, 2.75) is 51.7 Å². The molecule has 8 heteroatoms. The number of imidazole rings is 1. The highest BCUT2D eigenvalue weighted by atomic mass is 19.1. The first kappa shape index (κ1) is 20.5. The summed E-state index contributed by atoms with van der Waals surface area (Å²) in [6.07, 6.45) is 4.61. The molecule has 3 aromatic rings. The van der Waals surface area contributed by atoms with E-state index in [1.54, 1.807) is 19.2 Å². The van der Waals surface area contributed by atoms with Gasteiger partial charge in [-0.2, -0.15) is 0 Å². The monoisotopic (exact) mass is 413 g/mol. The second-order valence-electron chi connectivity index (χ2n) is 8.15. The van der Waals surface area contributed by atoms with Gasteiger partial charge in [-0.25, -0.2) is 14.2 Å². The van der Waals surface area contributed by atoms with Crippen molar-refractivity contribution in [2.24, 2.45) is 14.1 Å². The van der Waals surface area contributed by atoms with E-state index in [1.165, 1.54) is 30.2 Å². The first-order valence-electron chi connectivity index (χ1n) is 10.5. The van der Waals surface area contributed by atoms with Crippen molar-refractivity contribution < 1.29 is 4.39 Å². The van der Waals surface area contributed by atoms with Gasteiger partial charge in [-0.05, 0) is 43.5 Å². The molecule has 0 saturated carbocycles. The van der Waals surface area contributed by atoms with Gasteiger partial charge in [-0.1, -0.05) is 25.5 Å². The molecular weight excluding hydrogens is 385 g/mol. The van der Waals surface area contributed by atoms with Crippen molar-refractivity contribution in [2.75, 3.05) is 6.54 Å². The van der Waals surface area contributed by atoms with Crippen LogP contribution in [0.5, 0.6) is 0 Å². The van der Waals surface area contributed by atoms with Crippen molar-refractivity contribution in [3.63, 3.8) is 0 Å². The van der Waals surface area contributed by atoms with E-state index in [1.807, 2.05) is 4.57 Å². The normalized spacial score (nSPS) is 17.7. The molecule has 1 aromatic carbocycles. The predicted octanol–water partition coefficient (Wildman–Crippen LogP) is 2.39. The van der Waals surface area contributed by atoms with Crippen LogP contribution < -0.4 is 11.2 Å². The second-order valence-corrected chi connectivity index (χ2v) is 8.15. The lowest BCUT2D eigenvalue weighted by Gasteiger charge is -2.34. The van der Waals surface area contributed by atoms with Gasteiger partial charge in [-0.15, -0.1) is 0 Å². The number of likely N-dealkylation sites (tertiary alicyclic amines) is 1. The summed E-state index contributed by atoms with van der Waals surface area (Å²) in [4.78, 5) is 32.6. The molecule has 1 atom stereocenters. The fraction of sp³-hybridized carbons (Fsp3) is 0.500. The first-order valence-corrected chi connectivity index (χ1v) is 10.5. The molecule has 0 aliphatic carbocycles. The predicted molar refractivity (Wildman–Crippen MR) is 114 cm³/mol. The van der Waals surface area contributed by atoms with Crippen molar-refractivity contribution in [3.8, 4) is 0 Å². The Hall–Kier alpha value is -2.74. The summed E-state index contributed by atoms with van der Waals surface area (Å²) in [5, 5.41) is 0. The van der Waals surface area contributed by atoms with Crippen molar-refractivity contribution in [1.82, 2.24) is 23.6 Å². The van der Waals surface area contributed by atoms with E-state index in [-0.39, 0.29) is 11.4 Å². The average molecular weight is 413 g/mol. The maximum Gasteiger partial charge on any atom is 0.332 e. The molecule has 1 unspecified atom stereocenters. The van der Waals surface area contributed by atoms with Gasteiger partial charge in [0.2, 0.25) is 0 Å². The molecule has 0 radical (unpaired) electrons. The highest BCUT2D eigenvalue weighted by Crippen LogP contribution is 2.23. The smallest absolute Gasteiger partial charge is 0.317 e. The quantitative estimate of drug-likeness (QED) is 0.644. The van der Waals surface area contributed by atoms with Crippen LogP contribution in [0.15, 0.2) is 33.9 Å². The molecule has 0 bridgehead atoms.